The van der Waals surface area contributed by atoms with Gasteiger partial charge in [0.2, 0.25) is 5.91 Å². The molecule has 1 amide bonds. The van der Waals surface area contributed by atoms with Gasteiger partial charge in [0.05, 0.1) is 12.1 Å². The predicted molar refractivity (Wildman–Crippen MR) is 73.9 cm³/mol. The molecule has 0 bridgehead atoms. The summed E-state index contributed by atoms with van der Waals surface area (Å²) in [5.74, 6) is 0.864. The molecular weight excluding hydrogens is 252 g/mol. The van der Waals surface area contributed by atoms with Crippen LogP contribution in [-0.2, 0) is 4.79 Å². The molecule has 0 radical (unpaired) electrons. The van der Waals surface area contributed by atoms with Crippen molar-refractivity contribution in [3.8, 4) is 0 Å². The molecule has 1 saturated carbocycles. The molecule has 0 aromatic carbocycles. The highest BCUT2D eigenvalue weighted by molar-refractivity contribution is 5.85. The highest BCUT2D eigenvalue weighted by Gasteiger charge is 2.27. The van der Waals surface area contributed by atoms with E-state index in [1.54, 1.807) is 0 Å². The van der Waals surface area contributed by atoms with Crippen LogP contribution in [0, 0.1) is 5.92 Å². The highest BCUT2D eigenvalue weighted by atomic mass is 35.5. The lowest BCUT2D eigenvalue weighted by molar-refractivity contribution is -0.122. The average molecular weight is 277 g/mol. The molecule has 2 fully saturated rings. The minimum absolute atomic E-state index is 0. The Labute approximate surface area is 115 Å². The van der Waals surface area contributed by atoms with Crippen LogP contribution in [-0.4, -0.2) is 36.2 Å². The summed E-state index contributed by atoms with van der Waals surface area (Å²) < 4.78 is 0. The predicted octanol–water partition coefficient (Wildman–Crippen LogP) is 1.22. The van der Waals surface area contributed by atoms with E-state index in [0.29, 0.717) is 13.0 Å². The summed E-state index contributed by atoms with van der Waals surface area (Å²) in [7, 11) is 0. The summed E-state index contributed by atoms with van der Waals surface area (Å²) in [5.41, 5.74) is 0. The Balaban J connectivity index is 0.00000162. The molecule has 1 heterocycles. The molecule has 2 rings (SSSR count). The van der Waals surface area contributed by atoms with Crippen molar-refractivity contribution in [2.75, 3.05) is 13.1 Å². The van der Waals surface area contributed by atoms with Crippen LogP contribution in [0.1, 0.15) is 44.9 Å². The maximum atomic E-state index is 11.7. The van der Waals surface area contributed by atoms with Crippen molar-refractivity contribution in [2.45, 2.75) is 57.1 Å². The van der Waals surface area contributed by atoms with Gasteiger partial charge in [-0.3, -0.25) is 4.79 Å². The van der Waals surface area contributed by atoms with Crippen LogP contribution in [0.15, 0.2) is 0 Å². The van der Waals surface area contributed by atoms with Crippen LogP contribution in [0.2, 0.25) is 0 Å². The maximum Gasteiger partial charge on any atom is 0.237 e. The summed E-state index contributed by atoms with van der Waals surface area (Å²) in [6, 6.07) is -0.184. The molecule has 106 valence electrons. The van der Waals surface area contributed by atoms with Gasteiger partial charge in [0.25, 0.3) is 0 Å². The number of aliphatic hydroxyl groups excluding tert-OH is 1. The van der Waals surface area contributed by atoms with Gasteiger partial charge in [-0.05, 0) is 18.8 Å². The van der Waals surface area contributed by atoms with E-state index in [0.717, 1.165) is 18.9 Å². The van der Waals surface area contributed by atoms with E-state index in [9.17, 15) is 9.90 Å². The van der Waals surface area contributed by atoms with Crippen molar-refractivity contribution in [3.63, 3.8) is 0 Å². The third-order valence-corrected chi connectivity index (χ3v) is 4.00. The standard InChI is InChI=1S/C13H24N2O2.ClH/c16-11-8-12(15-9-11)13(17)14-7-6-10-4-2-1-3-5-10;/h10-12,15-16H,1-9H2,(H,14,17);1H. The quantitative estimate of drug-likeness (QED) is 0.724. The molecule has 0 aromatic heterocycles. The van der Waals surface area contributed by atoms with Gasteiger partial charge in [-0.25, -0.2) is 0 Å². The third-order valence-electron chi connectivity index (χ3n) is 4.00. The fourth-order valence-electron chi connectivity index (χ4n) is 2.92. The molecule has 3 N–H and O–H groups in total. The van der Waals surface area contributed by atoms with E-state index in [2.05, 4.69) is 10.6 Å². The number of halogens is 1. The Morgan fingerprint density at radius 1 is 1.28 bits per heavy atom. The Bertz CT molecular complexity index is 257. The lowest BCUT2D eigenvalue weighted by Gasteiger charge is -2.21. The van der Waals surface area contributed by atoms with Crippen LogP contribution in [0.25, 0.3) is 0 Å². The molecule has 4 nitrogen and oxygen atoms in total. The first-order chi connectivity index (χ1) is 8.25. The van der Waals surface area contributed by atoms with E-state index in [-0.39, 0.29) is 30.5 Å². The van der Waals surface area contributed by atoms with Crippen molar-refractivity contribution >= 4 is 18.3 Å². The molecule has 2 atom stereocenters. The minimum Gasteiger partial charge on any atom is -0.392 e. The first-order valence-electron chi connectivity index (χ1n) is 6.95. The molecule has 0 aromatic rings. The summed E-state index contributed by atoms with van der Waals surface area (Å²) in [6.07, 6.45) is 8.06. The zero-order valence-corrected chi connectivity index (χ0v) is 11.7. The summed E-state index contributed by atoms with van der Waals surface area (Å²) in [5, 5.41) is 15.3. The molecule has 2 aliphatic rings. The van der Waals surface area contributed by atoms with Gasteiger partial charge in [-0.2, -0.15) is 0 Å². The van der Waals surface area contributed by atoms with Gasteiger partial charge >= 0.3 is 0 Å². The van der Waals surface area contributed by atoms with Gasteiger partial charge in [0, 0.05) is 13.1 Å². The SMILES string of the molecule is Cl.O=C(NCCC1CCCCC1)C1CC(O)CN1. The number of rotatable bonds is 4. The fourth-order valence-corrected chi connectivity index (χ4v) is 2.92. The number of nitrogens with one attached hydrogen (secondary N) is 2. The molecule has 1 aliphatic carbocycles. The summed E-state index contributed by atoms with van der Waals surface area (Å²) in [6.45, 7) is 1.33. The van der Waals surface area contributed by atoms with Crippen LogP contribution in [0.4, 0.5) is 0 Å². The van der Waals surface area contributed by atoms with Gasteiger partial charge in [-0.15, -0.1) is 12.4 Å². The smallest absolute Gasteiger partial charge is 0.237 e. The second kappa shape index (κ2) is 7.97. The zero-order valence-electron chi connectivity index (χ0n) is 10.9. The Kier molecular flexibility index (Phi) is 6.97. The fraction of sp³-hybridized carbons (Fsp3) is 0.923. The van der Waals surface area contributed by atoms with Gasteiger partial charge in [0.15, 0.2) is 0 Å². The van der Waals surface area contributed by atoms with Crippen molar-refractivity contribution in [1.82, 2.24) is 10.6 Å². The van der Waals surface area contributed by atoms with Crippen molar-refractivity contribution in [2.24, 2.45) is 5.92 Å². The molecule has 5 heteroatoms. The number of hydrogen-bond donors (Lipinski definition) is 3. The molecule has 18 heavy (non-hydrogen) atoms. The molecular formula is C13H25ClN2O2. The van der Waals surface area contributed by atoms with Crippen molar-refractivity contribution in [3.05, 3.63) is 0 Å². The van der Waals surface area contributed by atoms with Gasteiger partial charge in [-0.1, -0.05) is 32.1 Å². The van der Waals surface area contributed by atoms with Gasteiger partial charge in [0.1, 0.15) is 0 Å². The lowest BCUT2D eigenvalue weighted by Crippen LogP contribution is -2.41. The van der Waals surface area contributed by atoms with E-state index in [1.165, 1.54) is 32.1 Å². The number of hydrogen-bond acceptors (Lipinski definition) is 3. The van der Waals surface area contributed by atoms with Crippen molar-refractivity contribution in [1.29, 1.82) is 0 Å². The van der Waals surface area contributed by atoms with E-state index < -0.39 is 0 Å². The summed E-state index contributed by atoms with van der Waals surface area (Å²) in [4.78, 5) is 11.7. The second-order valence-electron chi connectivity index (χ2n) is 5.43. The average Bonchev–Trinajstić information content (AvgIpc) is 2.77. The maximum absolute atomic E-state index is 11.7. The Hall–Kier alpha value is -0.320. The van der Waals surface area contributed by atoms with Gasteiger partial charge < -0.3 is 15.7 Å². The summed E-state index contributed by atoms with van der Waals surface area (Å²) >= 11 is 0. The molecule has 0 spiro atoms. The largest absolute Gasteiger partial charge is 0.392 e. The van der Waals surface area contributed by atoms with Crippen LogP contribution < -0.4 is 10.6 Å². The number of β-amino-alcohol motifs (C(OH)–C–C–N with tert-alkyl or cyclic N) is 1. The number of amides is 1. The van der Waals surface area contributed by atoms with Crippen molar-refractivity contribution < 1.29 is 9.90 Å². The number of carbonyl (C=O) groups is 1. The van der Waals surface area contributed by atoms with E-state index >= 15 is 0 Å². The second-order valence-corrected chi connectivity index (χ2v) is 5.43. The number of carbonyl (C=O) groups excluding carboxylic acids is 1. The Morgan fingerprint density at radius 2 is 2.00 bits per heavy atom. The first-order valence-corrected chi connectivity index (χ1v) is 6.95. The van der Waals surface area contributed by atoms with Crippen LogP contribution in [0.5, 0.6) is 0 Å². The zero-order chi connectivity index (χ0) is 12.1. The Morgan fingerprint density at radius 3 is 2.61 bits per heavy atom. The normalized spacial score (nSPS) is 28.7. The molecule has 1 aliphatic heterocycles. The minimum atomic E-state index is -0.357. The highest BCUT2D eigenvalue weighted by Crippen LogP contribution is 2.25. The van der Waals surface area contributed by atoms with Crippen LogP contribution in [0.3, 0.4) is 0 Å². The third kappa shape index (κ3) is 4.75. The lowest BCUT2D eigenvalue weighted by atomic mass is 9.87. The van der Waals surface area contributed by atoms with Crippen LogP contribution >= 0.6 is 12.4 Å². The monoisotopic (exact) mass is 276 g/mol. The van der Waals surface area contributed by atoms with E-state index in [4.69, 9.17) is 0 Å². The number of aliphatic hydroxyl groups is 1. The molecule has 2 unspecified atom stereocenters. The van der Waals surface area contributed by atoms with E-state index in [1.807, 2.05) is 0 Å². The topological polar surface area (TPSA) is 61.4 Å². The molecule has 1 saturated heterocycles. The first kappa shape index (κ1) is 15.7.